The van der Waals surface area contributed by atoms with Gasteiger partial charge in [-0.15, -0.1) is 0 Å². The van der Waals surface area contributed by atoms with E-state index in [0.717, 1.165) is 12.1 Å². The van der Waals surface area contributed by atoms with Crippen LogP contribution in [-0.2, 0) is 0 Å². The monoisotopic (exact) mass is 271 g/mol. The van der Waals surface area contributed by atoms with Crippen LogP contribution in [0.2, 0.25) is 0 Å². The van der Waals surface area contributed by atoms with Gasteiger partial charge in [-0.3, -0.25) is 0 Å². The Labute approximate surface area is 123 Å². The quantitative estimate of drug-likeness (QED) is 0.498. The second kappa shape index (κ2) is 8.78. The first-order valence-electron chi connectivity index (χ1n) is 8.29. The highest BCUT2D eigenvalue weighted by molar-refractivity contribution is 6.06. The summed E-state index contributed by atoms with van der Waals surface area (Å²) in [6, 6.07) is 8.28. The number of unbranched alkanes of at least 4 members (excludes halogenated alkanes) is 8. The van der Waals surface area contributed by atoms with Crippen LogP contribution in [0.15, 0.2) is 29.4 Å². The Kier molecular flexibility index (Phi) is 6.62. The molecule has 0 unspecified atom stereocenters. The molecule has 0 N–H and O–H groups in total. The molecule has 0 fully saturated rings. The van der Waals surface area contributed by atoms with E-state index in [2.05, 4.69) is 29.6 Å². The molecule has 1 aliphatic heterocycles. The van der Waals surface area contributed by atoms with Gasteiger partial charge in [-0.25, -0.2) is 0 Å². The summed E-state index contributed by atoms with van der Waals surface area (Å²) >= 11 is 0. The smallest absolute Gasteiger partial charge is 0.0948 e. The number of fused-ring (bicyclic) bond motifs is 1. The molecule has 1 heterocycles. The van der Waals surface area contributed by atoms with Gasteiger partial charge in [0.25, 0.3) is 0 Å². The number of hydrogen-bond donors (Lipinski definition) is 0. The van der Waals surface area contributed by atoms with Gasteiger partial charge >= 0.3 is 0 Å². The summed E-state index contributed by atoms with van der Waals surface area (Å²) in [4.78, 5) is 0. The summed E-state index contributed by atoms with van der Waals surface area (Å²) in [6.45, 7) is 2.27. The lowest BCUT2D eigenvalue weighted by molar-refractivity contribution is 0.568. The zero-order valence-electron chi connectivity index (χ0n) is 12.8. The molecule has 0 aliphatic carbocycles. The van der Waals surface area contributed by atoms with Crippen LogP contribution in [0.25, 0.3) is 0 Å². The van der Waals surface area contributed by atoms with Crippen molar-refractivity contribution in [1.29, 1.82) is 0 Å². The van der Waals surface area contributed by atoms with Crippen LogP contribution in [-0.4, -0.2) is 5.71 Å². The molecule has 0 saturated carbocycles. The van der Waals surface area contributed by atoms with E-state index in [1.54, 1.807) is 0 Å². The van der Waals surface area contributed by atoms with Gasteiger partial charge in [-0.2, -0.15) is 10.5 Å². The first-order valence-corrected chi connectivity index (χ1v) is 8.29. The molecule has 0 spiro atoms. The fourth-order valence-corrected chi connectivity index (χ4v) is 2.76. The molecule has 0 aromatic heterocycles. The lowest BCUT2D eigenvalue weighted by Crippen LogP contribution is -1.96. The van der Waals surface area contributed by atoms with Crippen molar-refractivity contribution in [2.45, 2.75) is 71.1 Å². The highest BCUT2D eigenvalue weighted by Crippen LogP contribution is 2.24. The molecule has 2 rings (SSSR count). The van der Waals surface area contributed by atoms with Gasteiger partial charge in [0, 0.05) is 5.56 Å². The summed E-state index contributed by atoms with van der Waals surface area (Å²) < 4.78 is 0. The van der Waals surface area contributed by atoms with Crippen molar-refractivity contribution in [3.8, 4) is 0 Å². The number of nitrogens with zero attached hydrogens (tertiary/aromatic N) is 2. The molecule has 2 heteroatoms. The van der Waals surface area contributed by atoms with Gasteiger partial charge in [-0.05, 0) is 18.9 Å². The summed E-state index contributed by atoms with van der Waals surface area (Å²) in [5.74, 6) is 0. The minimum absolute atomic E-state index is 1.04. The van der Waals surface area contributed by atoms with Gasteiger partial charge in [0.1, 0.15) is 0 Å². The van der Waals surface area contributed by atoms with E-state index in [4.69, 9.17) is 0 Å². The Hall–Kier alpha value is -1.31. The second-order valence-electron chi connectivity index (χ2n) is 5.74. The molecular weight excluding hydrogens is 244 g/mol. The third kappa shape index (κ3) is 4.66. The molecule has 0 amide bonds. The van der Waals surface area contributed by atoms with Crippen LogP contribution in [0.5, 0.6) is 0 Å². The maximum absolute atomic E-state index is 4.31. The van der Waals surface area contributed by atoms with Crippen molar-refractivity contribution in [2.75, 3.05) is 0 Å². The lowest BCUT2D eigenvalue weighted by Gasteiger charge is -2.03. The predicted octanol–water partition coefficient (Wildman–Crippen LogP) is 5.56. The van der Waals surface area contributed by atoms with Crippen LogP contribution in [0, 0.1) is 0 Å². The molecule has 0 bridgehead atoms. The van der Waals surface area contributed by atoms with Crippen LogP contribution in [0.4, 0.5) is 5.69 Å². The topological polar surface area (TPSA) is 26.5 Å². The van der Waals surface area contributed by atoms with Crippen LogP contribution in [0.3, 0.4) is 0 Å². The van der Waals surface area contributed by atoms with Crippen molar-refractivity contribution in [3.63, 3.8) is 0 Å². The Morgan fingerprint density at radius 2 is 1.45 bits per heavy atom. The Morgan fingerprint density at radius 1 is 0.800 bits per heavy atom. The maximum Gasteiger partial charge on any atom is 0.0948 e. The average molecular weight is 271 g/mol. The summed E-state index contributed by atoms with van der Waals surface area (Å²) in [7, 11) is 0. The van der Waals surface area contributed by atoms with Crippen molar-refractivity contribution in [1.82, 2.24) is 5.43 Å². The molecule has 1 aromatic carbocycles. The van der Waals surface area contributed by atoms with E-state index >= 15 is 0 Å². The highest BCUT2D eigenvalue weighted by Gasteiger charge is 2.15. The van der Waals surface area contributed by atoms with Crippen molar-refractivity contribution < 1.29 is 0 Å². The molecule has 0 saturated heterocycles. The number of rotatable bonds is 10. The van der Waals surface area contributed by atoms with E-state index in [9.17, 15) is 0 Å². The largest absolute Gasteiger partial charge is 0.154 e. The first kappa shape index (κ1) is 15.1. The third-order valence-electron chi connectivity index (χ3n) is 4.01. The maximum atomic E-state index is 4.31. The Morgan fingerprint density at radius 3 is 2.20 bits per heavy atom. The Balaban J connectivity index is 1.52. The molecule has 20 heavy (non-hydrogen) atoms. The molecule has 1 radical (unpaired) electrons. The average Bonchev–Trinajstić information content (AvgIpc) is 2.89. The normalized spacial score (nSPS) is 12.9. The fraction of sp³-hybridized carbons (Fsp3) is 0.611. The van der Waals surface area contributed by atoms with Crippen LogP contribution >= 0.6 is 0 Å². The van der Waals surface area contributed by atoms with Gasteiger partial charge in [0.15, 0.2) is 0 Å². The van der Waals surface area contributed by atoms with E-state index in [-0.39, 0.29) is 0 Å². The predicted molar refractivity (Wildman–Crippen MR) is 86.6 cm³/mol. The standard InChI is InChI=1S/C18H27N2/c1-2-3-4-5-6-7-8-9-10-14-17-16-13-11-12-15-18(16)20-19-17/h11-13,15H,2-10,14H2,1H3. The Bertz CT molecular complexity index is 423. The van der Waals surface area contributed by atoms with Gasteiger partial charge in [0.2, 0.25) is 0 Å². The SMILES string of the molecule is CCCCCCCCCCCC1=N[N]c2ccccc21. The van der Waals surface area contributed by atoms with E-state index in [1.807, 2.05) is 12.1 Å². The minimum Gasteiger partial charge on any atom is -0.154 e. The zero-order chi connectivity index (χ0) is 14.0. The second-order valence-corrected chi connectivity index (χ2v) is 5.74. The van der Waals surface area contributed by atoms with E-state index in [1.165, 1.54) is 69.1 Å². The van der Waals surface area contributed by atoms with Crippen LogP contribution < -0.4 is 5.43 Å². The first-order chi connectivity index (χ1) is 9.92. The lowest BCUT2D eigenvalue weighted by atomic mass is 10.0. The van der Waals surface area contributed by atoms with Crippen molar-refractivity contribution in [2.24, 2.45) is 5.10 Å². The number of hydrogen-bond acceptors (Lipinski definition) is 1. The minimum atomic E-state index is 1.04. The molecule has 1 aliphatic rings. The van der Waals surface area contributed by atoms with Crippen LogP contribution in [0.1, 0.15) is 76.7 Å². The van der Waals surface area contributed by atoms with E-state index < -0.39 is 0 Å². The summed E-state index contributed by atoms with van der Waals surface area (Å²) in [6.07, 6.45) is 13.4. The molecule has 1 aromatic rings. The van der Waals surface area contributed by atoms with Crippen molar-refractivity contribution >= 4 is 11.4 Å². The van der Waals surface area contributed by atoms with Gasteiger partial charge < -0.3 is 0 Å². The summed E-state index contributed by atoms with van der Waals surface area (Å²) in [5, 5.41) is 4.31. The summed E-state index contributed by atoms with van der Waals surface area (Å²) in [5.41, 5.74) is 7.69. The molecular formula is C18H27N2. The highest BCUT2D eigenvalue weighted by atomic mass is 15.3. The number of benzene rings is 1. The zero-order valence-corrected chi connectivity index (χ0v) is 12.8. The van der Waals surface area contributed by atoms with E-state index in [0.29, 0.717) is 0 Å². The molecule has 0 atom stereocenters. The molecule has 109 valence electrons. The van der Waals surface area contributed by atoms with Gasteiger partial charge in [0.05, 0.1) is 11.4 Å². The third-order valence-corrected chi connectivity index (χ3v) is 4.01. The van der Waals surface area contributed by atoms with Crippen molar-refractivity contribution in [3.05, 3.63) is 29.8 Å². The van der Waals surface area contributed by atoms with Gasteiger partial charge in [-0.1, -0.05) is 76.5 Å². The molecule has 2 nitrogen and oxygen atoms in total. The fourth-order valence-electron chi connectivity index (χ4n) is 2.76.